The highest BCUT2D eigenvalue weighted by atomic mass is 19.1. The molecule has 1 aromatic carbocycles. The minimum Gasteiger partial charge on any atom is -0.380 e. The summed E-state index contributed by atoms with van der Waals surface area (Å²) in [5.74, 6) is -0.215. The summed E-state index contributed by atoms with van der Waals surface area (Å²) < 4.78 is 18.1. The van der Waals surface area contributed by atoms with Crippen molar-refractivity contribution in [2.75, 3.05) is 31.6 Å². The second-order valence-electron chi connectivity index (χ2n) is 4.11. The first-order valence-corrected chi connectivity index (χ1v) is 5.90. The molecule has 0 amide bonds. The highest BCUT2D eigenvalue weighted by molar-refractivity contribution is 5.46. The maximum Gasteiger partial charge on any atom is 0.123 e. The molecule has 0 heterocycles. The zero-order chi connectivity index (χ0) is 12.7. The van der Waals surface area contributed by atoms with Crippen LogP contribution in [-0.4, -0.2) is 32.8 Å². The van der Waals surface area contributed by atoms with E-state index in [1.165, 1.54) is 12.1 Å². The van der Waals surface area contributed by atoms with Crippen molar-refractivity contribution in [3.8, 4) is 0 Å². The Labute approximate surface area is 102 Å². The highest BCUT2D eigenvalue weighted by Crippen LogP contribution is 2.16. The van der Waals surface area contributed by atoms with Gasteiger partial charge >= 0.3 is 0 Å². The highest BCUT2D eigenvalue weighted by Gasteiger charge is 2.10. The fraction of sp³-hybridized carbons (Fsp3) is 0.538. The molecule has 0 saturated heterocycles. The van der Waals surface area contributed by atoms with Gasteiger partial charge in [-0.3, -0.25) is 0 Å². The molecule has 0 bridgehead atoms. The number of hydrogen-bond acceptors (Lipinski definition) is 3. The first kappa shape index (κ1) is 13.9. The Hall–Kier alpha value is -1.13. The van der Waals surface area contributed by atoms with E-state index in [0.29, 0.717) is 6.54 Å². The first-order chi connectivity index (χ1) is 8.17. The lowest BCUT2D eigenvalue weighted by Gasteiger charge is -2.27. The summed E-state index contributed by atoms with van der Waals surface area (Å²) in [6.45, 7) is 4.30. The van der Waals surface area contributed by atoms with Gasteiger partial charge in [-0.1, -0.05) is 0 Å². The number of rotatable bonds is 7. The van der Waals surface area contributed by atoms with Crippen molar-refractivity contribution < 1.29 is 9.13 Å². The van der Waals surface area contributed by atoms with Crippen LogP contribution < -0.4 is 10.6 Å². The van der Waals surface area contributed by atoms with Crippen molar-refractivity contribution in [2.45, 2.75) is 19.4 Å². The lowest BCUT2D eigenvalue weighted by Crippen LogP contribution is -2.33. The van der Waals surface area contributed by atoms with Gasteiger partial charge in [0.25, 0.3) is 0 Å². The number of anilines is 1. The lowest BCUT2D eigenvalue weighted by atomic mass is 10.2. The van der Waals surface area contributed by atoms with Crippen LogP contribution in [0.15, 0.2) is 24.3 Å². The molecular formula is C13H21FN2O. The predicted octanol–water partition coefficient (Wildman–Crippen LogP) is 2.02. The molecule has 4 heteroatoms. The molecule has 2 N–H and O–H groups in total. The van der Waals surface area contributed by atoms with Gasteiger partial charge in [-0.15, -0.1) is 0 Å². The van der Waals surface area contributed by atoms with E-state index in [-0.39, 0.29) is 11.9 Å². The number of benzene rings is 1. The summed E-state index contributed by atoms with van der Waals surface area (Å²) in [5, 5.41) is 0. The van der Waals surface area contributed by atoms with E-state index >= 15 is 0 Å². The van der Waals surface area contributed by atoms with Crippen LogP contribution in [0.3, 0.4) is 0 Å². The fourth-order valence-corrected chi connectivity index (χ4v) is 1.64. The Morgan fingerprint density at radius 1 is 1.35 bits per heavy atom. The Morgan fingerprint density at radius 3 is 2.53 bits per heavy atom. The lowest BCUT2D eigenvalue weighted by molar-refractivity contribution is 0.123. The van der Waals surface area contributed by atoms with Gasteiger partial charge in [-0.05, 0) is 44.2 Å². The van der Waals surface area contributed by atoms with E-state index in [4.69, 9.17) is 10.5 Å². The van der Waals surface area contributed by atoms with E-state index in [2.05, 4.69) is 4.90 Å². The summed E-state index contributed by atoms with van der Waals surface area (Å²) in [4.78, 5) is 2.17. The van der Waals surface area contributed by atoms with Gasteiger partial charge in [0, 0.05) is 25.9 Å². The SMILES string of the molecule is COC(C)CN(CCCN)c1ccc(F)cc1. The van der Waals surface area contributed by atoms with Crippen LogP contribution in [0.1, 0.15) is 13.3 Å². The van der Waals surface area contributed by atoms with Crippen molar-refractivity contribution in [1.29, 1.82) is 0 Å². The summed E-state index contributed by atoms with van der Waals surface area (Å²) in [6.07, 6.45) is 1.05. The summed E-state index contributed by atoms with van der Waals surface area (Å²) in [6, 6.07) is 6.52. The van der Waals surface area contributed by atoms with Gasteiger partial charge in [0.05, 0.1) is 6.10 Å². The molecule has 0 fully saturated rings. The van der Waals surface area contributed by atoms with E-state index in [1.807, 2.05) is 6.92 Å². The van der Waals surface area contributed by atoms with Crippen molar-refractivity contribution in [3.63, 3.8) is 0 Å². The van der Waals surface area contributed by atoms with Crippen LogP contribution in [0, 0.1) is 5.82 Å². The van der Waals surface area contributed by atoms with E-state index < -0.39 is 0 Å². The number of methoxy groups -OCH3 is 1. The maximum atomic E-state index is 12.9. The second-order valence-corrected chi connectivity index (χ2v) is 4.11. The zero-order valence-electron chi connectivity index (χ0n) is 10.5. The quantitative estimate of drug-likeness (QED) is 0.792. The third kappa shape index (κ3) is 4.71. The fourth-order valence-electron chi connectivity index (χ4n) is 1.64. The average molecular weight is 240 g/mol. The molecule has 96 valence electrons. The van der Waals surface area contributed by atoms with Crippen LogP contribution in [0.4, 0.5) is 10.1 Å². The molecule has 1 atom stereocenters. The number of hydrogen-bond donors (Lipinski definition) is 1. The second kappa shape index (κ2) is 7.25. The van der Waals surface area contributed by atoms with Crippen molar-refractivity contribution in [2.24, 2.45) is 5.73 Å². The minimum absolute atomic E-state index is 0.137. The third-order valence-corrected chi connectivity index (χ3v) is 2.70. The van der Waals surface area contributed by atoms with Crippen molar-refractivity contribution >= 4 is 5.69 Å². The molecule has 0 aliphatic heterocycles. The molecule has 3 nitrogen and oxygen atoms in total. The zero-order valence-corrected chi connectivity index (χ0v) is 10.5. The molecule has 1 unspecified atom stereocenters. The Kier molecular flexibility index (Phi) is 5.94. The van der Waals surface area contributed by atoms with E-state index in [1.54, 1.807) is 19.2 Å². The van der Waals surface area contributed by atoms with Crippen LogP contribution >= 0.6 is 0 Å². The smallest absolute Gasteiger partial charge is 0.123 e. The third-order valence-electron chi connectivity index (χ3n) is 2.70. The molecule has 0 radical (unpaired) electrons. The van der Waals surface area contributed by atoms with E-state index in [9.17, 15) is 4.39 Å². The topological polar surface area (TPSA) is 38.5 Å². The average Bonchev–Trinajstić information content (AvgIpc) is 2.35. The molecule has 0 saturated carbocycles. The van der Waals surface area contributed by atoms with E-state index in [0.717, 1.165) is 25.2 Å². The number of nitrogens with two attached hydrogens (primary N) is 1. The summed E-state index contributed by atoms with van der Waals surface area (Å²) in [5.41, 5.74) is 6.53. The van der Waals surface area contributed by atoms with Gasteiger partial charge in [-0.25, -0.2) is 4.39 Å². The Morgan fingerprint density at radius 2 is 2.00 bits per heavy atom. The molecule has 0 aromatic heterocycles. The number of nitrogens with zero attached hydrogens (tertiary/aromatic N) is 1. The predicted molar refractivity (Wildman–Crippen MR) is 68.8 cm³/mol. The van der Waals surface area contributed by atoms with Gasteiger partial charge < -0.3 is 15.4 Å². The molecule has 0 aliphatic carbocycles. The Bertz CT molecular complexity index is 316. The monoisotopic (exact) mass is 240 g/mol. The maximum absolute atomic E-state index is 12.9. The van der Waals surface area contributed by atoms with Crippen LogP contribution in [0.25, 0.3) is 0 Å². The molecule has 0 spiro atoms. The molecule has 17 heavy (non-hydrogen) atoms. The standard InChI is InChI=1S/C13H21FN2O/c1-11(17-2)10-16(9-3-8-15)13-6-4-12(14)5-7-13/h4-7,11H,3,8-10,15H2,1-2H3. The first-order valence-electron chi connectivity index (χ1n) is 5.90. The van der Waals surface area contributed by atoms with Crippen LogP contribution in [0.5, 0.6) is 0 Å². The summed E-state index contributed by atoms with van der Waals surface area (Å²) >= 11 is 0. The molecular weight excluding hydrogens is 219 g/mol. The van der Waals surface area contributed by atoms with Gasteiger partial charge in [0.2, 0.25) is 0 Å². The molecule has 1 aromatic rings. The summed E-state index contributed by atoms with van der Waals surface area (Å²) in [7, 11) is 1.69. The number of halogens is 1. The molecule has 1 rings (SSSR count). The van der Waals surface area contributed by atoms with Gasteiger partial charge in [-0.2, -0.15) is 0 Å². The number of ether oxygens (including phenoxy) is 1. The van der Waals surface area contributed by atoms with Crippen LogP contribution in [0.2, 0.25) is 0 Å². The van der Waals surface area contributed by atoms with Gasteiger partial charge in [0.1, 0.15) is 5.82 Å². The normalized spacial score (nSPS) is 12.5. The van der Waals surface area contributed by atoms with Gasteiger partial charge in [0.15, 0.2) is 0 Å². The van der Waals surface area contributed by atoms with Crippen molar-refractivity contribution in [3.05, 3.63) is 30.1 Å². The minimum atomic E-state index is -0.215. The van der Waals surface area contributed by atoms with Crippen LogP contribution in [-0.2, 0) is 4.74 Å². The Balaban J connectivity index is 2.70. The van der Waals surface area contributed by atoms with Crippen molar-refractivity contribution in [1.82, 2.24) is 0 Å². The molecule has 0 aliphatic rings. The largest absolute Gasteiger partial charge is 0.380 e.